The molecule has 1 atom stereocenters. The molecule has 0 radical (unpaired) electrons. The highest BCUT2D eigenvalue weighted by Gasteiger charge is 2.38. The Kier molecular flexibility index (Phi) is 6.56. The van der Waals surface area contributed by atoms with Crippen LogP contribution in [0.1, 0.15) is 47.4 Å². The molecular weight excluding hydrogens is 533 g/mol. The van der Waals surface area contributed by atoms with E-state index in [9.17, 15) is 4.79 Å². The summed E-state index contributed by atoms with van der Waals surface area (Å²) in [6.07, 6.45) is 6.31. The fourth-order valence-electron chi connectivity index (χ4n) is 5.74. The summed E-state index contributed by atoms with van der Waals surface area (Å²) in [4.78, 5) is 26.9. The van der Waals surface area contributed by atoms with Crippen LogP contribution < -0.4 is 9.64 Å². The van der Waals surface area contributed by atoms with E-state index in [1.165, 1.54) is 0 Å². The van der Waals surface area contributed by atoms with Crippen molar-refractivity contribution < 1.29 is 18.7 Å². The number of carbonyl (C=O) groups is 1. The summed E-state index contributed by atoms with van der Waals surface area (Å²) in [5.41, 5.74) is 4.47. The first kappa shape index (κ1) is 25.3. The van der Waals surface area contributed by atoms with Crippen molar-refractivity contribution >= 4 is 28.8 Å². The number of nitrogens with zero attached hydrogens (tertiary/aromatic N) is 5. The first-order valence-electron chi connectivity index (χ1n) is 13.7. The lowest BCUT2D eigenvalue weighted by Gasteiger charge is -2.35. The summed E-state index contributed by atoms with van der Waals surface area (Å²) in [6.45, 7) is 3.08. The van der Waals surface area contributed by atoms with E-state index in [4.69, 9.17) is 26.1 Å². The molecule has 1 saturated carbocycles. The Hall–Kier alpha value is -3.69. The number of amides is 1. The van der Waals surface area contributed by atoms with Gasteiger partial charge in [-0.15, -0.1) is 0 Å². The average Bonchev–Trinajstić information content (AvgIpc) is 3.76. The molecule has 8 nitrogen and oxygen atoms in total. The van der Waals surface area contributed by atoms with Crippen molar-refractivity contribution in [3.05, 3.63) is 88.3 Å². The number of hydrogen-bond donors (Lipinski definition) is 0. The van der Waals surface area contributed by atoms with Gasteiger partial charge >= 0.3 is 0 Å². The van der Waals surface area contributed by atoms with Crippen LogP contribution in [-0.2, 0) is 16.0 Å². The highest BCUT2D eigenvalue weighted by molar-refractivity contribution is 6.32. The number of ether oxygens (including phenoxy) is 2. The molecule has 206 valence electrons. The fraction of sp³-hybridized carbons (Fsp3) is 0.367. The minimum absolute atomic E-state index is 0.220. The third kappa shape index (κ3) is 4.67. The molecule has 10 heteroatoms. The molecule has 0 spiro atoms. The van der Waals surface area contributed by atoms with Gasteiger partial charge in [0.1, 0.15) is 28.9 Å². The van der Waals surface area contributed by atoms with Crippen LogP contribution in [0.25, 0.3) is 5.65 Å². The van der Waals surface area contributed by atoms with E-state index in [1.54, 1.807) is 23.2 Å². The summed E-state index contributed by atoms with van der Waals surface area (Å²) >= 11 is 6.55. The molecule has 40 heavy (non-hydrogen) atoms. The highest BCUT2D eigenvalue weighted by Crippen LogP contribution is 2.42. The molecule has 2 aliphatic heterocycles. The molecule has 3 aliphatic rings. The van der Waals surface area contributed by atoms with Crippen molar-refractivity contribution in [1.29, 1.82) is 0 Å². The molecule has 1 unspecified atom stereocenters. The summed E-state index contributed by atoms with van der Waals surface area (Å²) in [6, 6.07) is 12.1. The number of pyridine rings is 2. The van der Waals surface area contributed by atoms with Crippen LogP contribution in [0.4, 0.5) is 10.1 Å². The fourth-order valence-corrected chi connectivity index (χ4v) is 5.97. The third-order valence-electron chi connectivity index (χ3n) is 7.97. The van der Waals surface area contributed by atoms with Crippen LogP contribution >= 0.6 is 11.6 Å². The molecule has 1 aromatic carbocycles. The summed E-state index contributed by atoms with van der Waals surface area (Å²) in [7, 11) is 0. The maximum atomic E-state index is 15.7. The maximum Gasteiger partial charge on any atom is 0.261 e. The highest BCUT2D eigenvalue weighted by atomic mass is 35.5. The Morgan fingerprint density at radius 1 is 1.12 bits per heavy atom. The Morgan fingerprint density at radius 2 is 1.98 bits per heavy atom. The third-order valence-corrected chi connectivity index (χ3v) is 8.26. The van der Waals surface area contributed by atoms with Gasteiger partial charge in [-0.3, -0.25) is 9.78 Å². The number of benzene rings is 1. The number of halogens is 2. The Balaban J connectivity index is 1.17. The molecule has 5 heterocycles. The van der Waals surface area contributed by atoms with Crippen LogP contribution in [0.3, 0.4) is 0 Å². The minimum atomic E-state index is -0.732. The number of aromatic nitrogens is 3. The van der Waals surface area contributed by atoms with Gasteiger partial charge in [0.15, 0.2) is 6.61 Å². The van der Waals surface area contributed by atoms with Gasteiger partial charge in [0.2, 0.25) is 0 Å². The maximum absolute atomic E-state index is 15.7. The van der Waals surface area contributed by atoms with Crippen LogP contribution in [0.2, 0.25) is 5.02 Å². The SMILES string of the molecule is O=C(COc1ccc(N2CCOCC2)cc1Cl)N1CCc2nc3ccccn3c2C1c1ncc(C2CC2)cc1F. The molecule has 0 N–H and O–H groups in total. The lowest BCUT2D eigenvalue weighted by atomic mass is 9.97. The number of morpholine rings is 1. The number of hydrogen-bond acceptors (Lipinski definition) is 6. The zero-order chi connectivity index (χ0) is 27.2. The molecule has 1 aliphatic carbocycles. The molecule has 4 aromatic rings. The minimum Gasteiger partial charge on any atom is -0.482 e. The zero-order valence-electron chi connectivity index (χ0n) is 21.9. The van der Waals surface area contributed by atoms with Crippen LogP contribution in [0.15, 0.2) is 54.9 Å². The number of anilines is 1. The summed E-state index contributed by atoms with van der Waals surface area (Å²) in [5, 5.41) is 0.430. The van der Waals surface area contributed by atoms with Gasteiger partial charge in [0.05, 0.1) is 29.6 Å². The van der Waals surface area contributed by atoms with Gasteiger partial charge in [-0.1, -0.05) is 17.7 Å². The predicted molar refractivity (Wildman–Crippen MR) is 149 cm³/mol. The molecule has 2 fully saturated rings. The van der Waals surface area contributed by atoms with E-state index in [0.717, 1.165) is 54.2 Å². The Morgan fingerprint density at radius 3 is 2.75 bits per heavy atom. The molecule has 3 aromatic heterocycles. The van der Waals surface area contributed by atoms with Crippen molar-refractivity contribution in [3.63, 3.8) is 0 Å². The van der Waals surface area contributed by atoms with Gasteiger partial charge in [-0.2, -0.15) is 0 Å². The molecular formula is C30H29ClFN5O3. The van der Waals surface area contributed by atoms with E-state index in [2.05, 4.69) is 9.88 Å². The van der Waals surface area contributed by atoms with Crippen molar-refractivity contribution in [3.8, 4) is 5.75 Å². The predicted octanol–water partition coefficient (Wildman–Crippen LogP) is 4.79. The van der Waals surface area contributed by atoms with Crippen LogP contribution in [-0.4, -0.2) is 64.6 Å². The quantitative estimate of drug-likeness (QED) is 0.337. The Labute approximate surface area is 236 Å². The molecule has 0 bridgehead atoms. The second-order valence-electron chi connectivity index (χ2n) is 10.5. The van der Waals surface area contributed by atoms with E-state index in [0.29, 0.717) is 42.9 Å². The van der Waals surface area contributed by atoms with Crippen LogP contribution in [0, 0.1) is 5.82 Å². The topological polar surface area (TPSA) is 72.2 Å². The van der Waals surface area contributed by atoms with Gasteiger partial charge in [-0.25, -0.2) is 9.37 Å². The van der Waals surface area contributed by atoms with Crippen LogP contribution in [0.5, 0.6) is 5.75 Å². The van der Waals surface area contributed by atoms with E-state index in [1.807, 2.05) is 40.9 Å². The number of imidazole rings is 1. The first-order valence-corrected chi connectivity index (χ1v) is 14.1. The smallest absolute Gasteiger partial charge is 0.261 e. The normalized spacial score (nSPS) is 19.1. The monoisotopic (exact) mass is 561 g/mol. The van der Waals surface area contributed by atoms with Crippen molar-refractivity contribution in [2.45, 2.75) is 31.2 Å². The van der Waals surface area contributed by atoms with Crippen molar-refractivity contribution in [1.82, 2.24) is 19.3 Å². The second kappa shape index (κ2) is 10.4. The number of rotatable bonds is 6. The van der Waals surface area contributed by atoms with E-state index < -0.39 is 11.9 Å². The van der Waals surface area contributed by atoms with Gasteiger partial charge < -0.3 is 23.7 Å². The van der Waals surface area contributed by atoms with Gasteiger partial charge in [0, 0.05) is 44.1 Å². The van der Waals surface area contributed by atoms with Gasteiger partial charge in [-0.05, 0) is 60.7 Å². The second-order valence-corrected chi connectivity index (χ2v) is 10.9. The first-order chi connectivity index (χ1) is 19.6. The summed E-state index contributed by atoms with van der Waals surface area (Å²) < 4.78 is 28.9. The van der Waals surface area contributed by atoms with E-state index >= 15 is 4.39 Å². The average molecular weight is 562 g/mol. The van der Waals surface area contributed by atoms with E-state index in [-0.39, 0.29) is 18.2 Å². The van der Waals surface area contributed by atoms with Crippen molar-refractivity contribution in [2.24, 2.45) is 0 Å². The summed E-state index contributed by atoms with van der Waals surface area (Å²) in [5.74, 6) is 0.115. The molecule has 1 amide bonds. The zero-order valence-corrected chi connectivity index (χ0v) is 22.7. The molecule has 1 saturated heterocycles. The van der Waals surface area contributed by atoms with Gasteiger partial charge in [0.25, 0.3) is 5.91 Å². The Bertz CT molecular complexity index is 1580. The largest absolute Gasteiger partial charge is 0.482 e. The lowest BCUT2D eigenvalue weighted by Crippen LogP contribution is -2.44. The standard InChI is InChI=1S/C30H29ClFN5O3/c31-22-16-21(35-11-13-39-14-12-35)6-7-25(22)40-18-27(38)37-10-8-24-29(36-9-2-1-3-26(36)34-24)30(37)28-23(32)15-20(17-33-28)19-4-5-19/h1-3,6-7,9,15-17,19,30H,4-5,8,10-14,18H2. The lowest BCUT2D eigenvalue weighted by molar-refractivity contribution is -0.135. The number of carbonyl (C=O) groups excluding carboxylic acids is 1. The van der Waals surface area contributed by atoms with Crippen molar-refractivity contribution in [2.75, 3.05) is 44.4 Å². The molecule has 7 rings (SSSR count). The number of fused-ring (bicyclic) bond motifs is 3.